The van der Waals surface area contributed by atoms with Crippen LogP contribution >= 0.6 is 23.2 Å². The number of hydrogen-bond donors (Lipinski definition) is 0. The molecule has 0 aromatic heterocycles. The van der Waals surface area contributed by atoms with Gasteiger partial charge in [-0.2, -0.15) is 5.26 Å². The lowest BCUT2D eigenvalue weighted by Gasteiger charge is -2.27. The van der Waals surface area contributed by atoms with E-state index in [1.54, 1.807) is 30.2 Å². The summed E-state index contributed by atoms with van der Waals surface area (Å²) in [5, 5.41) is 12.8. The van der Waals surface area contributed by atoms with Crippen molar-refractivity contribution < 1.29 is 4.79 Å². The van der Waals surface area contributed by atoms with Gasteiger partial charge in [-0.1, -0.05) is 113 Å². The SMILES string of the molecule is N#CC(=C=O)c1cccc(Br)c1.c1ccc(C[P+](c2ccccc2)(c2ccccc2)c2ccccc2)cc1. The van der Waals surface area contributed by atoms with Gasteiger partial charge < -0.3 is 0 Å². The Morgan fingerprint density at radius 3 is 1.47 bits per heavy atom. The largest absolute Gasteiger partial charge is 0.232 e. The summed E-state index contributed by atoms with van der Waals surface area (Å²) in [6.07, 6.45) is 1.03. The van der Waals surface area contributed by atoms with Gasteiger partial charge in [-0.25, -0.2) is 4.79 Å². The third-order valence-electron chi connectivity index (χ3n) is 6.18. The molecule has 0 N–H and O–H groups in total. The summed E-state index contributed by atoms with van der Waals surface area (Å²) >= 11 is 3.24. The highest BCUT2D eigenvalue weighted by atomic mass is 79.9. The van der Waals surface area contributed by atoms with Gasteiger partial charge in [0.1, 0.15) is 40.8 Å². The third kappa shape index (κ3) is 6.44. The average molecular weight is 575 g/mol. The molecule has 0 amide bonds. The molecule has 2 nitrogen and oxygen atoms in total. The Hall–Kier alpha value is -4.05. The van der Waals surface area contributed by atoms with Crippen LogP contribution in [0.5, 0.6) is 0 Å². The van der Waals surface area contributed by atoms with Crippen molar-refractivity contribution in [3.63, 3.8) is 0 Å². The molecule has 0 bridgehead atoms. The number of halogens is 1. The Morgan fingerprint density at radius 2 is 1.08 bits per heavy atom. The van der Waals surface area contributed by atoms with Crippen LogP contribution in [0.1, 0.15) is 11.1 Å². The summed E-state index contributed by atoms with van der Waals surface area (Å²) in [6, 6.07) is 52.8. The number of hydrogen-bond acceptors (Lipinski definition) is 2. The molecule has 38 heavy (non-hydrogen) atoms. The molecule has 184 valence electrons. The predicted molar refractivity (Wildman–Crippen MR) is 164 cm³/mol. The Bertz CT molecular complexity index is 1450. The Balaban J connectivity index is 0.000000236. The van der Waals surface area contributed by atoms with E-state index in [2.05, 4.69) is 137 Å². The molecule has 0 aliphatic heterocycles. The fourth-order valence-electron chi connectivity index (χ4n) is 4.42. The van der Waals surface area contributed by atoms with Crippen LogP contribution in [0.4, 0.5) is 0 Å². The first-order valence-corrected chi connectivity index (χ1v) is 14.9. The second-order valence-corrected chi connectivity index (χ2v) is 13.0. The van der Waals surface area contributed by atoms with Gasteiger partial charge in [0.15, 0.2) is 0 Å². The van der Waals surface area contributed by atoms with Crippen LogP contribution in [0.2, 0.25) is 0 Å². The predicted octanol–water partition coefficient (Wildman–Crippen LogP) is 7.37. The van der Waals surface area contributed by atoms with Crippen molar-refractivity contribution >= 4 is 50.6 Å². The summed E-state index contributed by atoms with van der Waals surface area (Å²) in [5.41, 5.74) is 2.00. The van der Waals surface area contributed by atoms with Crippen molar-refractivity contribution in [3.8, 4) is 6.07 Å². The first kappa shape index (κ1) is 27.0. The van der Waals surface area contributed by atoms with Gasteiger partial charge in [-0.15, -0.1) is 0 Å². The molecule has 5 rings (SSSR count). The molecule has 5 aromatic rings. The zero-order valence-corrected chi connectivity index (χ0v) is 23.2. The molecule has 0 aliphatic carbocycles. The molecule has 0 radical (unpaired) electrons. The van der Waals surface area contributed by atoms with Gasteiger partial charge in [0.25, 0.3) is 0 Å². The van der Waals surface area contributed by atoms with E-state index in [1.807, 2.05) is 6.07 Å². The molecule has 0 spiro atoms. The maximum Gasteiger partial charge on any atom is 0.144 e. The highest BCUT2D eigenvalue weighted by Gasteiger charge is 2.45. The Labute approximate surface area is 233 Å². The van der Waals surface area contributed by atoms with Crippen LogP contribution < -0.4 is 15.9 Å². The standard InChI is InChI=1S/C25H22P.C9H4BrNO/c1-5-13-22(14-6-1)21-26(23-15-7-2-8-16-23,24-17-9-3-10-18-24)25-19-11-4-12-20-25;10-9-3-1-2-7(4-9)8(5-11)6-12/h1-20H,21H2;1-4H/q+1;. The van der Waals surface area contributed by atoms with Crippen LogP contribution in [-0.4, -0.2) is 5.94 Å². The highest BCUT2D eigenvalue weighted by Crippen LogP contribution is 2.58. The summed E-state index contributed by atoms with van der Waals surface area (Å²) in [7, 11) is -1.78. The van der Waals surface area contributed by atoms with E-state index in [0.717, 1.165) is 10.6 Å². The fourth-order valence-corrected chi connectivity index (χ4v) is 9.06. The number of rotatable bonds is 6. The summed E-state index contributed by atoms with van der Waals surface area (Å²) in [6.45, 7) is 0. The molecule has 5 aromatic carbocycles. The summed E-state index contributed by atoms with van der Waals surface area (Å²) in [4.78, 5) is 10.2. The Morgan fingerprint density at radius 1 is 0.632 bits per heavy atom. The van der Waals surface area contributed by atoms with Crippen molar-refractivity contribution in [2.75, 3.05) is 0 Å². The van der Waals surface area contributed by atoms with E-state index in [9.17, 15) is 4.79 Å². The van der Waals surface area contributed by atoms with Gasteiger partial charge in [0, 0.05) is 10.0 Å². The summed E-state index contributed by atoms with van der Waals surface area (Å²) in [5.74, 6) is 1.58. The van der Waals surface area contributed by atoms with Crippen LogP contribution in [-0.2, 0) is 11.0 Å². The quantitative estimate of drug-likeness (QED) is 0.121. The monoisotopic (exact) mass is 574 g/mol. The molecule has 0 saturated carbocycles. The lowest BCUT2D eigenvalue weighted by Crippen LogP contribution is -2.32. The molecule has 0 saturated heterocycles. The number of nitriles is 1. The minimum Gasteiger partial charge on any atom is -0.232 e. The smallest absolute Gasteiger partial charge is 0.144 e. The van der Waals surface area contributed by atoms with Crippen LogP contribution in [0.15, 0.2) is 150 Å². The van der Waals surface area contributed by atoms with Gasteiger partial charge in [-0.05, 0) is 54.1 Å². The van der Waals surface area contributed by atoms with Crippen LogP contribution in [0.25, 0.3) is 5.57 Å². The molecular formula is C34H26BrNOP+. The van der Waals surface area contributed by atoms with Crippen molar-refractivity contribution in [2.45, 2.75) is 6.16 Å². The molecule has 0 heterocycles. The van der Waals surface area contributed by atoms with Gasteiger partial charge in [0.05, 0.1) is 6.16 Å². The van der Waals surface area contributed by atoms with Crippen molar-refractivity contribution in [1.82, 2.24) is 0 Å². The second-order valence-electron chi connectivity index (χ2n) is 8.56. The maximum absolute atomic E-state index is 10.2. The maximum atomic E-state index is 10.2. The third-order valence-corrected chi connectivity index (χ3v) is 11.1. The van der Waals surface area contributed by atoms with E-state index >= 15 is 0 Å². The first-order chi connectivity index (χ1) is 18.7. The molecule has 0 unspecified atom stereocenters. The zero-order valence-electron chi connectivity index (χ0n) is 20.7. The van der Waals surface area contributed by atoms with E-state index in [1.165, 1.54) is 21.5 Å². The number of carbonyl (C=O) groups excluding carboxylic acids is 1. The topological polar surface area (TPSA) is 40.9 Å². The van der Waals surface area contributed by atoms with Gasteiger partial charge in [0.2, 0.25) is 0 Å². The highest BCUT2D eigenvalue weighted by molar-refractivity contribution is 9.10. The molecule has 0 atom stereocenters. The second kappa shape index (κ2) is 13.5. The normalized spacial score (nSPS) is 10.3. The van der Waals surface area contributed by atoms with Gasteiger partial charge in [-0.3, -0.25) is 0 Å². The van der Waals surface area contributed by atoms with Crippen molar-refractivity contribution in [2.24, 2.45) is 0 Å². The van der Waals surface area contributed by atoms with Crippen LogP contribution in [0.3, 0.4) is 0 Å². The molecular weight excluding hydrogens is 549 g/mol. The van der Waals surface area contributed by atoms with Crippen molar-refractivity contribution in [3.05, 3.63) is 161 Å². The van der Waals surface area contributed by atoms with Gasteiger partial charge >= 0.3 is 0 Å². The fraction of sp³-hybridized carbons (Fsp3) is 0.0294. The van der Waals surface area contributed by atoms with Crippen LogP contribution in [0, 0.1) is 11.3 Å². The number of nitrogens with zero attached hydrogens (tertiary/aromatic N) is 1. The first-order valence-electron chi connectivity index (χ1n) is 12.2. The Kier molecular flexibility index (Phi) is 9.58. The minimum atomic E-state index is -1.78. The van der Waals surface area contributed by atoms with Crippen molar-refractivity contribution in [1.29, 1.82) is 5.26 Å². The average Bonchev–Trinajstić information content (AvgIpc) is 2.99. The lowest BCUT2D eigenvalue weighted by molar-refractivity contribution is 0.569. The van der Waals surface area contributed by atoms with E-state index in [4.69, 9.17) is 5.26 Å². The van der Waals surface area contributed by atoms with E-state index in [-0.39, 0.29) is 5.57 Å². The van der Waals surface area contributed by atoms with E-state index in [0.29, 0.717) is 5.56 Å². The lowest BCUT2D eigenvalue weighted by atomic mass is 10.1. The zero-order chi connectivity index (χ0) is 26.6. The van der Waals surface area contributed by atoms with E-state index < -0.39 is 7.26 Å². The molecule has 4 heteroatoms. The number of benzene rings is 5. The number of allylic oxidation sites excluding steroid dienone is 1. The summed E-state index contributed by atoms with van der Waals surface area (Å²) < 4.78 is 0.836. The molecule has 0 aliphatic rings. The molecule has 0 fully saturated rings. The minimum absolute atomic E-state index is 0.0244.